The lowest BCUT2D eigenvalue weighted by Gasteiger charge is -2.08. The number of carbonyl (C=O) groups excluding carboxylic acids is 2. The molecule has 4 aromatic rings. The molecule has 0 atom stereocenters. The zero-order chi connectivity index (χ0) is 23.4. The SMILES string of the molecule is O=C(Nc1ccccc1C(=O)NN=Cc1ccc(-c2cc(Cl)ccc2Cl)o1)c1ccc(Br)o1. The summed E-state index contributed by atoms with van der Waals surface area (Å²) < 4.78 is 11.4. The number of carbonyl (C=O) groups is 2. The highest BCUT2D eigenvalue weighted by Crippen LogP contribution is 2.31. The van der Waals surface area contributed by atoms with Crippen LogP contribution < -0.4 is 10.7 Å². The molecule has 0 spiro atoms. The van der Waals surface area contributed by atoms with Crippen molar-refractivity contribution in [3.05, 3.63) is 98.5 Å². The second kappa shape index (κ2) is 10.1. The lowest BCUT2D eigenvalue weighted by Crippen LogP contribution is -2.21. The van der Waals surface area contributed by atoms with Crippen LogP contribution in [-0.4, -0.2) is 18.0 Å². The van der Waals surface area contributed by atoms with Crippen LogP contribution in [0, 0.1) is 0 Å². The molecular weight excluding hydrogens is 533 g/mol. The van der Waals surface area contributed by atoms with Crippen LogP contribution in [0.5, 0.6) is 0 Å². The van der Waals surface area contributed by atoms with Crippen molar-refractivity contribution < 1.29 is 18.4 Å². The molecule has 0 radical (unpaired) electrons. The van der Waals surface area contributed by atoms with Gasteiger partial charge in [-0.1, -0.05) is 35.3 Å². The molecule has 2 aromatic heterocycles. The molecule has 0 aliphatic heterocycles. The van der Waals surface area contributed by atoms with Crippen LogP contribution in [0.3, 0.4) is 0 Å². The highest BCUT2D eigenvalue weighted by molar-refractivity contribution is 9.10. The van der Waals surface area contributed by atoms with Crippen molar-refractivity contribution in [3.63, 3.8) is 0 Å². The normalized spacial score (nSPS) is 11.0. The van der Waals surface area contributed by atoms with E-state index in [1.807, 2.05) is 0 Å². The van der Waals surface area contributed by atoms with Gasteiger partial charge in [-0.2, -0.15) is 5.10 Å². The summed E-state index contributed by atoms with van der Waals surface area (Å²) in [5.41, 5.74) is 3.58. The number of hydrogen-bond donors (Lipinski definition) is 2. The molecule has 0 aliphatic carbocycles. The maximum absolute atomic E-state index is 12.6. The van der Waals surface area contributed by atoms with Crippen molar-refractivity contribution in [1.29, 1.82) is 0 Å². The van der Waals surface area contributed by atoms with Gasteiger partial charge in [-0.25, -0.2) is 5.43 Å². The largest absolute Gasteiger partial charge is 0.455 e. The standard InChI is InChI=1S/C23H14BrCl2N3O4/c24-21-10-9-20(33-21)23(31)28-18-4-2-1-3-15(18)22(30)29-27-12-14-6-8-19(32-14)16-11-13(25)5-7-17(16)26/h1-12H,(H,28,31)(H,29,30). The number of halogens is 3. The molecule has 2 heterocycles. The van der Waals surface area contributed by atoms with Gasteiger partial charge in [0.05, 0.1) is 22.5 Å². The Labute approximate surface area is 206 Å². The van der Waals surface area contributed by atoms with E-state index in [1.165, 1.54) is 12.3 Å². The zero-order valence-corrected chi connectivity index (χ0v) is 19.7. The molecular formula is C23H14BrCl2N3O4. The number of furan rings is 2. The van der Waals surface area contributed by atoms with Gasteiger partial charge in [0.15, 0.2) is 10.4 Å². The van der Waals surface area contributed by atoms with Crippen molar-refractivity contribution >= 4 is 62.8 Å². The maximum Gasteiger partial charge on any atom is 0.291 e. The number of hydrazone groups is 1. The molecule has 0 aliphatic rings. The first-order valence-corrected chi connectivity index (χ1v) is 11.0. The summed E-state index contributed by atoms with van der Waals surface area (Å²) in [4.78, 5) is 25.0. The molecule has 33 heavy (non-hydrogen) atoms. The Morgan fingerprint density at radius 1 is 0.939 bits per heavy atom. The lowest BCUT2D eigenvalue weighted by atomic mass is 10.1. The monoisotopic (exact) mass is 545 g/mol. The predicted octanol–water partition coefficient (Wildman–Crippen LogP) is 6.63. The van der Waals surface area contributed by atoms with E-state index < -0.39 is 11.8 Å². The van der Waals surface area contributed by atoms with Crippen molar-refractivity contribution in [2.24, 2.45) is 5.10 Å². The summed E-state index contributed by atoms with van der Waals surface area (Å²) in [6, 6.07) is 18.1. The van der Waals surface area contributed by atoms with Gasteiger partial charge in [-0.05, 0) is 70.5 Å². The van der Waals surface area contributed by atoms with Gasteiger partial charge >= 0.3 is 0 Å². The molecule has 0 bridgehead atoms. The number of benzene rings is 2. The Kier molecular flexibility index (Phi) is 6.98. The Bertz CT molecular complexity index is 1360. The highest BCUT2D eigenvalue weighted by Gasteiger charge is 2.16. The summed E-state index contributed by atoms with van der Waals surface area (Å²) in [6.45, 7) is 0. The third-order valence-electron chi connectivity index (χ3n) is 4.40. The van der Waals surface area contributed by atoms with Crippen molar-refractivity contribution in [2.75, 3.05) is 5.32 Å². The molecule has 2 aromatic carbocycles. The van der Waals surface area contributed by atoms with E-state index in [-0.39, 0.29) is 11.3 Å². The average Bonchev–Trinajstić information content (AvgIpc) is 3.45. The van der Waals surface area contributed by atoms with E-state index >= 15 is 0 Å². The number of nitrogens with one attached hydrogen (secondary N) is 2. The van der Waals surface area contributed by atoms with Crippen LogP contribution in [0.15, 0.2) is 85.3 Å². The van der Waals surface area contributed by atoms with Gasteiger partial charge in [0.2, 0.25) is 0 Å². The number of rotatable bonds is 6. The fraction of sp³-hybridized carbons (Fsp3) is 0. The zero-order valence-electron chi connectivity index (χ0n) is 16.6. The van der Waals surface area contributed by atoms with E-state index in [1.54, 1.807) is 60.7 Å². The second-order valence-electron chi connectivity index (χ2n) is 6.63. The molecule has 0 saturated carbocycles. The number of hydrogen-bond acceptors (Lipinski definition) is 5. The maximum atomic E-state index is 12.6. The van der Waals surface area contributed by atoms with E-state index in [2.05, 4.69) is 31.8 Å². The van der Waals surface area contributed by atoms with E-state index in [9.17, 15) is 9.59 Å². The Hall–Kier alpha value is -3.33. The number of amides is 2. The Morgan fingerprint density at radius 3 is 2.55 bits per heavy atom. The van der Waals surface area contributed by atoms with Crippen LogP contribution in [0.4, 0.5) is 5.69 Å². The average molecular weight is 547 g/mol. The summed E-state index contributed by atoms with van der Waals surface area (Å²) in [5, 5.41) is 7.60. The fourth-order valence-electron chi connectivity index (χ4n) is 2.88. The minimum absolute atomic E-state index is 0.100. The quantitative estimate of drug-likeness (QED) is 0.209. The van der Waals surface area contributed by atoms with Crippen LogP contribution in [-0.2, 0) is 0 Å². The van der Waals surface area contributed by atoms with Crippen LogP contribution in [0.1, 0.15) is 26.7 Å². The smallest absolute Gasteiger partial charge is 0.291 e. The van der Waals surface area contributed by atoms with Crippen molar-refractivity contribution in [2.45, 2.75) is 0 Å². The topological polar surface area (TPSA) is 96.8 Å². The van der Waals surface area contributed by atoms with Crippen molar-refractivity contribution in [3.8, 4) is 11.3 Å². The molecule has 0 fully saturated rings. The highest BCUT2D eigenvalue weighted by atomic mass is 79.9. The molecule has 2 N–H and O–H groups in total. The first kappa shape index (κ1) is 22.8. The molecule has 4 rings (SSSR count). The van der Waals surface area contributed by atoms with Crippen LogP contribution in [0.2, 0.25) is 10.0 Å². The number of anilines is 1. The second-order valence-corrected chi connectivity index (χ2v) is 8.25. The van der Waals surface area contributed by atoms with Gasteiger partial charge in [-0.15, -0.1) is 0 Å². The van der Waals surface area contributed by atoms with Crippen LogP contribution >= 0.6 is 39.1 Å². The van der Waals surface area contributed by atoms with Crippen molar-refractivity contribution in [1.82, 2.24) is 5.43 Å². The molecule has 166 valence electrons. The lowest BCUT2D eigenvalue weighted by molar-refractivity contribution is 0.0956. The van der Waals surface area contributed by atoms with E-state index in [4.69, 9.17) is 32.0 Å². The first-order valence-electron chi connectivity index (χ1n) is 9.45. The fourth-order valence-corrected chi connectivity index (χ4v) is 3.57. The van der Waals surface area contributed by atoms with Gasteiger partial charge in [0.25, 0.3) is 11.8 Å². The first-order chi connectivity index (χ1) is 15.9. The molecule has 7 nitrogen and oxygen atoms in total. The minimum atomic E-state index is -0.521. The Balaban J connectivity index is 1.44. The predicted molar refractivity (Wildman–Crippen MR) is 130 cm³/mol. The third-order valence-corrected chi connectivity index (χ3v) is 5.39. The number of para-hydroxylation sites is 1. The van der Waals surface area contributed by atoms with Gasteiger partial charge in [-0.3, -0.25) is 9.59 Å². The molecule has 0 saturated heterocycles. The van der Waals surface area contributed by atoms with E-state index in [0.29, 0.717) is 37.5 Å². The minimum Gasteiger partial charge on any atom is -0.455 e. The molecule has 10 heteroatoms. The third kappa shape index (κ3) is 5.54. The molecule has 0 unspecified atom stereocenters. The van der Waals surface area contributed by atoms with Gasteiger partial charge in [0, 0.05) is 10.6 Å². The summed E-state index contributed by atoms with van der Waals surface area (Å²) in [6.07, 6.45) is 1.35. The summed E-state index contributed by atoms with van der Waals surface area (Å²) in [7, 11) is 0. The molecule has 2 amide bonds. The van der Waals surface area contributed by atoms with Gasteiger partial charge in [0.1, 0.15) is 11.5 Å². The summed E-state index contributed by atoms with van der Waals surface area (Å²) in [5.74, 6) is -0.0116. The Morgan fingerprint density at radius 2 is 1.76 bits per heavy atom. The van der Waals surface area contributed by atoms with E-state index in [0.717, 1.165) is 0 Å². The van der Waals surface area contributed by atoms with Crippen LogP contribution in [0.25, 0.3) is 11.3 Å². The van der Waals surface area contributed by atoms with Gasteiger partial charge < -0.3 is 14.2 Å². The summed E-state index contributed by atoms with van der Waals surface area (Å²) >= 11 is 15.4. The number of nitrogens with zero attached hydrogens (tertiary/aromatic N) is 1.